The molecular weight excluding hydrogens is 316 g/mol. The summed E-state index contributed by atoms with van der Waals surface area (Å²) < 4.78 is 0. The minimum absolute atomic E-state index is 0.0259. The van der Waals surface area contributed by atoms with Crippen LogP contribution >= 0.6 is 23.5 Å². The van der Waals surface area contributed by atoms with E-state index in [0.29, 0.717) is 16.5 Å². The van der Waals surface area contributed by atoms with E-state index in [-0.39, 0.29) is 22.2 Å². The maximum atomic E-state index is 11.8. The van der Waals surface area contributed by atoms with Crippen LogP contribution in [0.2, 0.25) is 0 Å². The number of carboxylic acids is 1. The zero-order valence-corrected chi connectivity index (χ0v) is 12.5. The molecule has 3 heterocycles. The van der Waals surface area contributed by atoms with E-state index in [0.717, 1.165) is 0 Å². The number of β-lactam (4-membered cyclic amide) rings is 1. The van der Waals surface area contributed by atoms with E-state index in [2.05, 4.69) is 20.6 Å². The van der Waals surface area contributed by atoms with Gasteiger partial charge in [0.1, 0.15) is 17.1 Å². The van der Waals surface area contributed by atoms with Gasteiger partial charge in [-0.05, 0) is 12.5 Å². The summed E-state index contributed by atoms with van der Waals surface area (Å²) in [5.74, 6) is -0.977. The minimum atomic E-state index is -1.12. The summed E-state index contributed by atoms with van der Waals surface area (Å²) in [5.41, 5.74) is 6.38. The smallest absolute Gasteiger partial charge is 0.352 e. The van der Waals surface area contributed by atoms with Gasteiger partial charge in [-0.1, -0.05) is 0 Å². The van der Waals surface area contributed by atoms with Gasteiger partial charge in [0.2, 0.25) is 5.91 Å². The van der Waals surface area contributed by atoms with Crippen LogP contribution in [0.15, 0.2) is 16.4 Å². The van der Waals surface area contributed by atoms with Crippen molar-refractivity contribution in [3.8, 4) is 0 Å². The number of nitrogens with zero attached hydrogens (tertiary/aromatic N) is 5. The number of aliphatic carboxylic acids is 1. The van der Waals surface area contributed by atoms with Crippen LogP contribution in [-0.2, 0) is 9.59 Å². The van der Waals surface area contributed by atoms with Crippen molar-refractivity contribution in [3.63, 3.8) is 0 Å². The number of thioether (sulfide) groups is 2. The van der Waals surface area contributed by atoms with Gasteiger partial charge in [0.05, 0.1) is 5.16 Å². The Morgan fingerprint density at radius 2 is 2.43 bits per heavy atom. The number of tetrazole rings is 1. The second-order valence-electron chi connectivity index (χ2n) is 4.54. The summed E-state index contributed by atoms with van der Waals surface area (Å²) in [4.78, 5) is 24.7. The van der Waals surface area contributed by atoms with Crippen molar-refractivity contribution in [2.24, 2.45) is 5.73 Å². The van der Waals surface area contributed by atoms with Crippen molar-refractivity contribution in [1.29, 1.82) is 0 Å². The van der Waals surface area contributed by atoms with Gasteiger partial charge in [-0.15, -0.1) is 23.5 Å². The Morgan fingerprint density at radius 1 is 1.67 bits per heavy atom. The maximum Gasteiger partial charge on any atom is 0.352 e. The number of aromatic nitrogens is 4. The summed E-state index contributed by atoms with van der Waals surface area (Å²) in [6.45, 7) is 1.84. The average Bonchev–Trinajstić information content (AvgIpc) is 2.97. The second-order valence-corrected chi connectivity index (χ2v) is 6.95. The molecule has 9 nitrogen and oxygen atoms in total. The highest BCUT2D eigenvalue weighted by Crippen LogP contribution is 2.42. The summed E-state index contributed by atoms with van der Waals surface area (Å²) in [6, 6.07) is -0.624. The summed E-state index contributed by atoms with van der Waals surface area (Å²) >= 11 is 2.72. The van der Waals surface area contributed by atoms with Crippen LogP contribution in [-0.4, -0.2) is 59.8 Å². The van der Waals surface area contributed by atoms with Crippen LogP contribution < -0.4 is 10.8 Å². The lowest BCUT2D eigenvalue weighted by molar-refractivity contribution is -0.148. The Balaban J connectivity index is 1.90. The van der Waals surface area contributed by atoms with Crippen LogP contribution in [0.1, 0.15) is 6.92 Å². The Bertz CT molecular complexity index is 618. The van der Waals surface area contributed by atoms with Crippen LogP contribution in [0.5, 0.6) is 0 Å². The van der Waals surface area contributed by atoms with Gasteiger partial charge in [0, 0.05) is 11.0 Å². The molecule has 1 amide bonds. The molecule has 3 N–H and O–H groups in total. The number of hydrogen-bond acceptors (Lipinski definition) is 8. The molecular formula is C10H11N6O3S2-. The normalized spacial score (nSPS) is 26.4. The summed E-state index contributed by atoms with van der Waals surface area (Å²) in [5, 5.41) is 23.5. The zero-order valence-electron chi connectivity index (χ0n) is 10.8. The van der Waals surface area contributed by atoms with E-state index in [1.165, 1.54) is 28.4 Å². The maximum absolute atomic E-state index is 11.8. The average molecular weight is 327 g/mol. The monoisotopic (exact) mass is 327 g/mol. The van der Waals surface area contributed by atoms with E-state index in [9.17, 15) is 14.7 Å². The van der Waals surface area contributed by atoms with Gasteiger partial charge in [0.15, 0.2) is 0 Å². The number of rotatable bonds is 4. The molecule has 1 aromatic rings. The third-order valence-electron chi connectivity index (χ3n) is 3.31. The number of carbonyl (C=O) groups is 2. The van der Waals surface area contributed by atoms with Crippen LogP contribution in [0.4, 0.5) is 0 Å². The quantitative estimate of drug-likeness (QED) is 0.517. The predicted molar refractivity (Wildman–Crippen MR) is 74.2 cm³/mol. The molecule has 11 heteroatoms. The zero-order chi connectivity index (χ0) is 15.1. The van der Waals surface area contributed by atoms with Crippen LogP contribution in [0.3, 0.4) is 0 Å². The molecule has 2 aliphatic heterocycles. The molecule has 0 aliphatic carbocycles. The molecule has 3 atom stereocenters. The van der Waals surface area contributed by atoms with Gasteiger partial charge >= 0.3 is 5.97 Å². The highest BCUT2D eigenvalue weighted by atomic mass is 32.2. The first kappa shape index (κ1) is 14.4. The first-order chi connectivity index (χ1) is 10.0. The van der Waals surface area contributed by atoms with Crippen molar-refractivity contribution >= 4 is 35.4 Å². The lowest BCUT2D eigenvalue weighted by atomic mass is 10.0. The Kier molecular flexibility index (Phi) is 3.63. The lowest BCUT2D eigenvalue weighted by Crippen LogP contribution is -2.68. The topological polar surface area (TPSA) is 136 Å². The number of carbonyl (C=O) groups excluding carboxylic acids is 1. The van der Waals surface area contributed by atoms with Gasteiger partial charge in [-0.3, -0.25) is 20.0 Å². The van der Waals surface area contributed by atoms with Crippen molar-refractivity contribution < 1.29 is 14.7 Å². The summed E-state index contributed by atoms with van der Waals surface area (Å²) in [7, 11) is 0. The fraction of sp³-hybridized carbons (Fsp3) is 0.500. The van der Waals surface area contributed by atoms with E-state index in [1.54, 1.807) is 0 Å². The lowest BCUT2D eigenvalue weighted by Gasteiger charge is -2.48. The van der Waals surface area contributed by atoms with Gasteiger partial charge in [-0.2, -0.15) is 5.21 Å². The van der Waals surface area contributed by atoms with Crippen LogP contribution in [0.25, 0.3) is 0 Å². The van der Waals surface area contributed by atoms with Crippen molar-refractivity contribution in [1.82, 2.24) is 25.5 Å². The molecule has 1 fully saturated rings. The van der Waals surface area contributed by atoms with Crippen molar-refractivity contribution in [2.75, 3.05) is 5.75 Å². The molecule has 2 aliphatic rings. The molecule has 112 valence electrons. The molecule has 0 radical (unpaired) electrons. The van der Waals surface area contributed by atoms with E-state index in [4.69, 9.17) is 5.73 Å². The fourth-order valence-corrected chi connectivity index (χ4v) is 4.61. The van der Waals surface area contributed by atoms with E-state index >= 15 is 0 Å². The number of nitrogens with two attached hydrogens (primary N) is 1. The highest BCUT2D eigenvalue weighted by molar-refractivity contribution is 8.01. The van der Waals surface area contributed by atoms with Gasteiger partial charge in [0.25, 0.3) is 0 Å². The first-order valence-corrected chi connectivity index (χ1v) is 7.95. The first-order valence-electron chi connectivity index (χ1n) is 6.02. The predicted octanol–water partition coefficient (Wildman–Crippen LogP) is -1.11. The van der Waals surface area contributed by atoms with Crippen LogP contribution in [0, 0.1) is 0 Å². The molecule has 1 aromatic heterocycles. The van der Waals surface area contributed by atoms with Gasteiger partial charge in [-0.25, -0.2) is 4.79 Å². The standard InChI is InChI=1S/C10H12N6O3S2/c1-3(21-10-12-14-15-13-10)4-2-20-8-5(11)7(17)16(8)6(4)9(18)19/h3,5,8H,2,11H2,1H3,(H2,12,13,14,15,18,19)/p-1/t3-,5-,8-/m0/s1. The Labute approximate surface area is 127 Å². The third kappa shape index (κ3) is 2.30. The fourth-order valence-electron chi connectivity index (χ4n) is 2.26. The molecule has 0 saturated carbocycles. The molecule has 0 unspecified atom stereocenters. The van der Waals surface area contributed by atoms with Gasteiger partial charge < -0.3 is 15.9 Å². The molecule has 21 heavy (non-hydrogen) atoms. The molecule has 0 bridgehead atoms. The highest BCUT2D eigenvalue weighted by Gasteiger charge is 2.52. The Hall–Kier alpha value is -1.59. The summed E-state index contributed by atoms with van der Waals surface area (Å²) in [6.07, 6.45) is 0. The number of fused-ring (bicyclic) bond motifs is 1. The van der Waals surface area contributed by atoms with Crippen molar-refractivity contribution in [3.05, 3.63) is 11.3 Å². The molecule has 0 spiro atoms. The largest absolute Gasteiger partial charge is 0.477 e. The van der Waals surface area contributed by atoms with E-state index in [1.807, 2.05) is 6.92 Å². The molecule has 1 saturated heterocycles. The molecule has 0 aromatic carbocycles. The minimum Gasteiger partial charge on any atom is -0.477 e. The SMILES string of the molecule is C[C@H](Sc1nnn[n-]1)C1=C(C(=O)O)N2C(=O)[C@H](N)[C@@H]2SC1. The molecule has 3 rings (SSSR count). The number of amides is 1. The van der Waals surface area contributed by atoms with Crippen molar-refractivity contribution in [2.45, 2.75) is 28.7 Å². The number of hydrogen-bond donors (Lipinski definition) is 2. The Morgan fingerprint density at radius 3 is 3.05 bits per heavy atom. The second kappa shape index (κ2) is 5.31. The third-order valence-corrected chi connectivity index (χ3v) is 5.65. The van der Waals surface area contributed by atoms with E-state index < -0.39 is 12.0 Å². The number of carboxylic acid groups (broad SMARTS) is 1.